The first-order valence-electron chi connectivity index (χ1n) is 9.53. The van der Waals surface area contributed by atoms with Crippen molar-refractivity contribution < 1.29 is 13.2 Å². The van der Waals surface area contributed by atoms with Crippen LogP contribution >= 0.6 is 0 Å². The fraction of sp³-hybridized carbons (Fsp3) is 0.684. The lowest BCUT2D eigenvalue weighted by atomic mass is 9.79. The van der Waals surface area contributed by atoms with Crippen molar-refractivity contribution in [2.75, 3.05) is 18.8 Å². The van der Waals surface area contributed by atoms with E-state index in [1.165, 1.54) is 9.87 Å². The third-order valence-corrected chi connectivity index (χ3v) is 7.73. The molecule has 1 aliphatic carbocycles. The predicted molar refractivity (Wildman–Crippen MR) is 101 cm³/mol. The monoisotopic (exact) mass is 379 g/mol. The van der Waals surface area contributed by atoms with Gasteiger partial charge < -0.3 is 5.32 Å². The van der Waals surface area contributed by atoms with Crippen LogP contribution < -0.4 is 5.32 Å². The first-order valence-corrected chi connectivity index (χ1v) is 11.1. The molecule has 144 valence electrons. The molecule has 1 aliphatic heterocycles. The molecular formula is C19H29N3O3S. The molecule has 26 heavy (non-hydrogen) atoms. The maximum atomic E-state index is 13.0. The lowest BCUT2D eigenvalue weighted by molar-refractivity contribution is -0.126. The zero-order valence-corrected chi connectivity index (χ0v) is 16.5. The Morgan fingerprint density at radius 2 is 1.88 bits per heavy atom. The summed E-state index contributed by atoms with van der Waals surface area (Å²) in [6, 6.07) is 3.43. The summed E-state index contributed by atoms with van der Waals surface area (Å²) in [6.07, 6.45) is 8.55. The van der Waals surface area contributed by atoms with E-state index in [2.05, 4.69) is 10.3 Å². The van der Waals surface area contributed by atoms with Gasteiger partial charge in [0.1, 0.15) is 6.04 Å². The van der Waals surface area contributed by atoms with Gasteiger partial charge in [0.05, 0.1) is 5.75 Å². The second-order valence-electron chi connectivity index (χ2n) is 7.91. The molecule has 1 amide bonds. The molecule has 1 unspecified atom stereocenters. The fourth-order valence-electron chi connectivity index (χ4n) is 4.42. The van der Waals surface area contributed by atoms with Crippen LogP contribution in [0.15, 0.2) is 24.5 Å². The Labute approximate surface area is 156 Å². The normalized spacial score (nSPS) is 23.2. The Morgan fingerprint density at radius 3 is 2.42 bits per heavy atom. The Morgan fingerprint density at radius 1 is 1.23 bits per heavy atom. The molecular weight excluding hydrogens is 350 g/mol. The predicted octanol–water partition coefficient (Wildman–Crippen LogP) is 2.07. The van der Waals surface area contributed by atoms with Crippen LogP contribution in [0.25, 0.3) is 0 Å². The summed E-state index contributed by atoms with van der Waals surface area (Å²) in [5.74, 6) is -0.0982. The number of hydrogen-bond acceptors (Lipinski definition) is 4. The van der Waals surface area contributed by atoms with Crippen LogP contribution in [0.1, 0.15) is 51.5 Å². The summed E-state index contributed by atoms with van der Waals surface area (Å²) in [5.41, 5.74) is 1.14. The molecule has 1 saturated heterocycles. The van der Waals surface area contributed by atoms with E-state index in [9.17, 15) is 13.2 Å². The quantitative estimate of drug-likeness (QED) is 0.821. The summed E-state index contributed by atoms with van der Waals surface area (Å²) in [6.45, 7) is 4.81. The fourth-order valence-corrected chi connectivity index (χ4v) is 6.24. The van der Waals surface area contributed by atoms with Gasteiger partial charge in [-0.05, 0) is 42.9 Å². The van der Waals surface area contributed by atoms with Gasteiger partial charge in [0, 0.05) is 30.9 Å². The van der Waals surface area contributed by atoms with Crippen molar-refractivity contribution in [2.45, 2.75) is 57.4 Å². The first-order chi connectivity index (χ1) is 12.4. The summed E-state index contributed by atoms with van der Waals surface area (Å²) in [5, 5.41) is 3.09. The average Bonchev–Trinajstić information content (AvgIpc) is 3.22. The Balaban J connectivity index is 1.75. The zero-order valence-electron chi connectivity index (χ0n) is 15.6. The third-order valence-electron chi connectivity index (χ3n) is 5.80. The van der Waals surface area contributed by atoms with Crippen LogP contribution in [-0.2, 0) is 20.2 Å². The molecule has 1 atom stereocenters. The lowest BCUT2D eigenvalue weighted by Gasteiger charge is -2.33. The number of hydrogen-bond donors (Lipinski definition) is 1. The number of aromatic nitrogens is 1. The van der Waals surface area contributed by atoms with Crippen LogP contribution in [0, 0.1) is 5.92 Å². The molecule has 1 saturated carbocycles. The highest BCUT2D eigenvalue weighted by Gasteiger charge is 2.41. The average molecular weight is 380 g/mol. The Hall–Kier alpha value is -1.47. The van der Waals surface area contributed by atoms with E-state index >= 15 is 0 Å². The number of rotatable bonds is 6. The molecule has 0 aromatic carbocycles. The van der Waals surface area contributed by atoms with E-state index in [1.54, 1.807) is 12.4 Å². The highest BCUT2D eigenvalue weighted by Crippen LogP contribution is 2.40. The van der Waals surface area contributed by atoms with E-state index in [0.29, 0.717) is 19.5 Å². The zero-order chi connectivity index (χ0) is 18.8. The Bertz CT molecular complexity index is 728. The summed E-state index contributed by atoms with van der Waals surface area (Å²) < 4.78 is 26.0. The smallest absolute Gasteiger partial charge is 0.238 e. The second kappa shape index (κ2) is 7.64. The molecule has 0 spiro atoms. The van der Waals surface area contributed by atoms with Gasteiger partial charge in [-0.2, -0.15) is 4.31 Å². The highest BCUT2D eigenvalue weighted by atomic mass is 32.2. The molecule has 0 radical (unpaired) electrons. The van der Waals surface area contributed by atoms with Crippen LogP contribution in [0.2, 0.25) is 0 Å². The molecule has 3 rings (SSSR count). The minimum absolute atomic E-state index is 0.0655. The highest BCUT2D eigenvalue weighted by molar-refractivity contribution is 7.89. The maximum absolute atomic E-state index is 13.0. The molecule has 1 N–H and O–H groups in total. The maximum Gasteiger partial charge on any atom is 0.238 e. The number of sulfonamides is 1. The summed E-state index contributed by atoms with van der Waals surface area (Å²) >= 11 is 0. The van der Waals surface area contributed by atoms with E-state index in [4.69, 9.17) is 0 Å². The van der Waals surface area contributed by atoms with Gasteiger partial charge in [-0.1, -0.05) is 26.7 Å². The van der Waals surface area contributed by atoms with E-state index in [1.807, 2.05) is 26.0 Å². The van der Waals surface area contributed by atoms with Crippen molar-refractivity contribution in [1.82, 2.24) is 14.6 Å². The van der Waals surface area contributed by atoms with E-state index < -0.39 is 16.1 Å². The molecule has 2 aliphatic rings. The minimum Gasteiger partial charge on any atom is -0.354 e. The van der Waals surface area contributed by atoms with Crippen LogP contribution in [0.3, 0.4) is 0 Å². The molecule has 6 nitrogen and oxygen atoms in total. The standard InChI is InChI=1S/C19H29N3O3S/c1-15(2)17(22-12-5-13-26(22,24)25)18(23)21-14-19(8-3-4-9-19)16-6-10-20-11-7-16/h6-7,10-11,15,17H,3-5,8-9,12-14H2,1-2H3,(H,21,23). The molecule has 7 heteroatoms. The second-order valence-corrected chi connectivity index (χ2v) is 9.95. The largest absolute Gasteiger partial charge is 0.354 e. The number of pyridine rings is 1. The van der Waals surface area contributed by atoms with Gasteiger partial charge in [-0.25, -0.2) is 8.42 Å². The van der Waals surface area contributed by atoms with Crippen molar-refractivity contribution in [3.05, 3.63) is 30.1 Å². The third kappa shape index (κ3) is 3.78. The van der Waals surface area contributed by atoms with E-state index in [0.717, 1.165) is 25.7 Å². The topological polar surface area (TPSA) is 79.4 Å². The van der Waals surface area contributed by atoms with E-state index in [-0.39, 0.29) is 23.0 Å². The van der Waals surface area contributed by atoms with Crippen molar-refractivity contribution >= 4 is 15.9 Å². The van der Waals surface area contributed by atoms with Gasteiger partial charge in [-0.15, -0.1) is 0 Å². The van der Waals surface area contributed by atoms with Crippen LogP contribution in [0.5, 0.6) is 0 Å². The number of carbonyl (C=O) groups excluding carboxylic acids is 1. The lowest BCUT2D eigenvalue weighted by Crippen LogP contribution is -2.52. The number of nitrogens with one attached hydrogen (secondary N) is 1. The first kappa shape index (κ1) is 19.3. The molecule has 2 heterocycles. The van der Waals surface area contributed by atoms with Crippen molar-refractivity contribution in [3.63, 3.8) is 0 Å². The van der Waals surface area contributed by atoms with Crippen LogP contribution in [-0.4, -0.2) is 48.5 Å². The number of amides is 1. The molecule has 1 aromatic heterocycles. The summed E-state index contributed by atoms with van der Waals surface area (Å²) in [7, 11) is -3.32. The SMILES string of the molecule is CC(C)C(C(=O)NCC1(c2ccncc2)CCCC1)N1CCCS1(=O)=O. The van der Waals surface area contributed by atoms with Gasteiger partial charge >= 0.3 is 0 Å². The molecule has 2 fully saturated rings. The van der Waals surface area contributed by atoms with Gasteiger partial charge in [0.25, 0.3) is 0 Å². The van der Waals surface area contributed by atoms with Gasteiger partial charge in [0.15, 0.2) is 0 Å². The number of carbonyl (C=O) groups is 1. The number of nitrogens with zero attached hydrogens (tertiary/aromatic N) is 2. The van der Waals surface area contributed by atoms with Gasteiger partial charge in [0.2, 0.25) is 15.9 Å². The summed E-state index contributed by atoms with van der Waals surface area (Å²) in [4.78, 5) is 17.1. The molecule has 0 bridgehead atoms. The van der Waals surface area contributed by atoms with Crippen LogP contribution in [0.4, 0.5) is 0 Å². The minimum atomic E-state index is -3.32. The Kier molecular flexibility index (Phi) is 5.67. The van der Waals surface area contributed by atoms with Crippen molar-refractivity contribution in [1.29, 1.82) is 0 Å². The van der Waals surface area contributed by atoms with Gasteiger partial charge in [-0.3, -0.25) is 9.78 Å². The van der Waals surface area contributed by atoms with Crippen molar-refractivity contribution in [3.8, 4) is 0 Å². The van der Waals surface area contributed by atoms with Crippen molar-refractivity contribution in [2.24, 2.45) is 5.92 Å². The molecule has 1 aromatic rings.